The summed E-state index contributed by atoms with van der Waals surface area (Å²) < 4.78 is 10.7. The molecule has 1 aromatic carbocycles. The van der Waals surface area contributed by atoms with Crippen LogP contribution in [0, 0.1) is 0 Å². The summed E-state index contributed by atoms with van der Waals surface area (Å²) in [7, 11) is 1.65. The molecule has 1 aliphatic rings. The number of hydrogen-bond acceptors (Lipinski definition) is 4. The molecule has 22 heavy (non-hydrogen) atoms. The minimum absolute atomic E-state index is 0.0962. The Labute approximate surface area is 132 Å². The van der Waals surface area contributed by atoms with Gasteiger partial charge in [-0.2, -0.15) is 0 Å². The first-order chi connectivity index (χ1) is 10.8. The van der Waals surface area contributed by atoms with Gasteiger partial charge in [0, 0.05) is 33.4 Å². The molecule has 122 valence electrons. The van der Waals surface area contributed by atoms with Crippen LogP contribution in [0.4, 0.5) is 0 Å². The van der Waals surface area contributed by atoms with Crippen LogP contribution >= 0.6 is 0 Å². The van der Waals surface area contributed by atoms with E-state index in [1.807, 2.05) is 35.2 Å². The van der Waals surface area contributed by atoms with Crippen molar-refractivity contribution in [2.45, 2.75) is 25.5 Å². The lowest BCUT2D eigenvalue weighted by Crippen LogP contribution is -2.41. The van der Waals surface area contributed by atoms with E-state index in [-0.39, 0.29) is 12.0 Å². The number of nitrogens with one attached hydrogen (secondary N) is 1. The van der Waals surface area contributed by atoms with Gasteiger partial charge in [0.25, 0.3) is 0 Å². The molecule has 0 bridgehead atoms. The van der Waals surface area contributed by atoms with E-state index in [1.165, 1.54) is 0 Å². The molecule has 0 radical (unpaired) electrons. The average Bonchev–Trinajstić information content (AvgIpc) is 3.05. The summed E-state index contributed by atoms with van der Waals surface area (Å²) in [6.07, 6.45) is 2.46. The maximum Gasteiger partial charge on any atom is 0.236 e. The van der Waals surface area contributed by atoms with Crippen molar-refractivity contribution in [3.05, 3.63) is 35.9 Å². The molecular weight excluding hydrogens is 280 g/mol. The van der Waals surface area contributed by atoms with E-state index in [9.17, 15) is 4.79 Å². The quantitative estimate of drug-likeness (QED) is 0.750. The van der Waals surface area contributed by atoms with Gasteiger partial charge in [0.05, 0.1) is 19.3 Å². The number of methoxy groups -OCH3 is 1. The molecule has 0 aromatic heterocycles. The van der Waals surface area contributed by atoms with Gasteiger partial charge >= 0.3 is 0 Å². The van der Waals surface area contributed by atoms with Gasteiger partial charge in [-0.05, 0) is 18.4 Å². The predicted molar refractivity (Wildman–Crippen MR) is 85.6 cm³/mol. The van der Waals surface area contributed by atoms with Crippen molar-refractivity contribution >= 4 is 5.91 Å². The molecule has 0 spiro atoms. The minimum atomic E-state index is 0.0962. The number of benzene rings is 1. The molecule has 1 aliphatic heterocycles. The Morgan fingerprint density at radius 1 is 1.41 bits per heavy atom. The highest BCUT2D eigenvalue weighted by Crippen LogP contribution is 2.10. The minimum Gasteiger partial charge on any atom is -0.383 e. The van der Waals surface area contributed by atoms with Crippen molar-refractivity contribution in [1.82, 2.24) is 10.2 Å². The molecule has 1 N–H and O–H groups in total. The summed E-state index contributed by atoms with van der Waals surface area (Å²) in [4.78, 5) is 14.2. The molecule has 1 aromatic rings. The summed E-state index contributed by atoms with van der Waals surface area (Å²) in [5.41, 5.74) is 1.13. The molecule has 5 heteroatoms. The van der Waals surface area contributed by atoms with Crippen molar-refractivity contribution in [1.29, 1.82) is 0 Å². The van der Waals surface area contributed by atoms with E-state index >= 15 is 0 Å². The second-order valence-corrected chi connectivity index (χ2v) is 5.56. The lowest BCUT2D eigenvalue weighted by molar-refractivity contribution is -0.131. The lowest BCUT2D eigenvalue weighted by atomic mass is 10.2. The Hall–Kier alpha value is -1.43. The smallest absolute Gasteiger partial charge is 0.236 e. The number of rotatable bonds is 9. The fourth-order valence-electron chi connectivity index (χ4n) is 2.55. The molecule has 5 nitrogen and oxygen atoms in total. The first kappa shape index (κ1) is 16.9. The maximum atomic E-state index is 12.4. The Bertz CT molecular complexity index is 433. The molecule has 0 saturated carbocycles. The van der Waals surface area contributed by atoms with Gasteiger partial charge in [-0.3, -0.25) is 4.79 Å². The summed E-state index contributed by atoms with van der Waals surface area (Å²) >= 11 is 0. The second kappa shape index (κ2) is 9.56. The van der Waals surface area contributed by atoms with Gasteiger partial charge < -0.3 is 19.7 Å². The van der Waals surface area contributed by atoms with Crippen molar-refractivity contribution in [3.8, 4) is 0 Å². The number of ether oxygens (including phenoxy) is 2. The van der Waals surface area contributed by atoms with E-state index in [2.05, 4.69) is 5.32 Å². The fraction of sp³-hybridized carbons (Fsp3) is 0.588. The van der Waals surface area contributed by atoms with Crippen LogP contribution < -0.4 is 5.32 Å². The van der Waals surface area contributed by atoms with Gasteiger partial charge in [0.2, 0.25) is 5.91 Å². The number of nitrogens with zero attached hydrogens (tertiary/aromatic N) is 1. The summed E-state index contributed by atoms with van der Waals surface area (Å²) in [6.45, 7) is 3.70. The Kier molecular flexibility index (Phi) is 7.36. The first-order valence-corrected chi connectivity index (χ1v) is 7.92. The second-order valence-electron chi connectivity index (χ2n) is 5.56. The largest absolute Gasteiger partial charge is 0.383 e. The Morgan fingerprint density at radius 2 is 2.23 bits per heavy atom. The van der Waals surface area contributed by atoms with Gasteiger partial charge in [-0.15, -0.1) is 0 Å². The van der Waals surface area contributed by atoms with Crippen LogP contribution in [0.5, 0.6) is 0 Å². The van der Waals surface area contributed by atoms with Crippen LogP contribution in [-0.4, -0.2) is 56.9 Å². The number of hydrogen-bond donors (Lipinski definition) is 1. The molecule has 1 fully saturated rings. The molecule has 1 amide bonds. The zero-order valence-electron chi connectivity index (χ0n) is 13.3. The number of carbonyl (C=O) groups is 1. The van der Waals surface area contributed by atoms with E-state index in [4.69, 9.17) is 9.47 Å². The molecular formula is C17H26N2O3. The van der Waals surface area contributed by atoms with E-state index < -0.39 is 0 Å². The normalized spacial score (nSPS) is 17.6. The molecule has 0 aliphatic carbocycles. The maximum absolute atomic E-state index is 12.4. The topological polar surface area (TPSA) is 50.8 Å². The van der Waals surface area contributed by atoms with Crippen LogP contribution in [0.3, 0.4) is 0 Å². The van der Waals surface area contributed by atoms with Crippen LogP contribution in [0.1, 0.15) is 18.4 Å². The van der Waals surface area contributed by atoms with Crippen LogP contribution in [-0.2, 0) is 20.8 Å². The standard InChI is InChI=1S/C17H26N2O3/c1-21-11-9-19(14-15-6-3-2-4-7-15)17(20)13-18-12-16-8-5-10-22-16/h2-4,6-7,16,18H,5,8-14H2,1H3. The number of carbonyl (C=O) groups excluding carboxylic acids is 1. The van der Waals surface area contributed by atoms with Crippen molar-refractivity contribution < 1.29 is 14.3 Å². The number of amides is 1. The SMILES string of the molecule is COCCN(Cc1ccccc1)C(=O)CNCC1CCCO1. The van der Waals surface area contributed by atoms with Crippen molar-refractivity contribution in [3.63, 3.8) is 0 Å². The molecule has 2 rings (SSSR count). The highest BCUT2D eigenvalue weighted by atomic mass is 16.5. The first-order valence-electron chi connectivity index (χ1n) is 7.92. The van der Waals surface area contributed by atoms with E-state index in [0.717, 1.165) is 31.6 Å². The third-order valence-corrected chi connectivity index (χ3v) is 3.81. The fourth-order valence-corrected chi connectivity index (χ4v) is 2.55. The van der Waals surface area contributed by atoms with Crippen LogP contribution in [0.25, 0.3) is 0 Å². The molecule has 1 atom stereocenters. The summed E-state index contributed by atoms with van der Waals surface area (Å²) in [5, 5.41) is 3.21. The van der Waals surface area contributed by atoms with Crippen molar-refractivity contribution in [2.75, 3.05) is 40.0 Å². The van der Waals surface area contributed by atoms with E-state index in [1.54, 1.807) is 7.11 Å². The summed E-state index contributed by atoms with van der Waals surface area (Å²) in [6, 6.07) is 10.0. The van der Waals surface area contributed by atoms with Crippen LogP contribution in [0.15, 0.2) is 30.3 Å². The van der Waals surface area contributed by atoms with Gasteiger partial charge in [-0.1, -0.05) is 30.3 Å². The third kappa shape index (κ3) is 5.75. The van der Waals surface area contributed by atoms with Gasteiger partial charge in [-0.25, -0.2) is 0 Å². The zero-order valence-corrected chi connectivity index (χ0v) is 13.3. The predicted octanol–water partition coefficient (Wildman–Crippen LogP) is 1.43. The molecule has 1 saturated heterocycles. The van der Waals surface area contributed by atoms with Gasteiger partial charge in [0.15, 0.2) is 0 Å². The van der Waals surface area contributed by atoms with Crippen molar-refractivity contribution in [2.24, 2.45) is 0 Å². The molecule has 1 heterocycles. The Morgan fingerprint density at radius 3 is 2.91 bits per heavy atom. The van der Waals surface area contributed by atoms with Gasteiger partial charge in [0.1, 0.15) is 0 Å². The third-order valence-electron chi connectivity index (χ3n) is 3.81. The van der Waals surface area contributed by atoms with E-state index in [0.29, 0.717) is 26.2 Å². The Balaban J connectivity index is 1.79. The highest BCUT2D eigenvalue weighted by molar-refractivity contribution is 5.78. The molecule has 1 unspecified atom stereocenters. The highest BCUT2D eigenvalue weighted by Gasteiger charge is 2.17. The lowest BCUT2D eigenvalue weighted by Gasteiger charge is -2.23. The average molecular weight is 306 g/mol. The zero-order chi connectivity index (χ0) is 15.6. The summed E-state index contributed by atoms with van der Waals surface area (Å²) in [5.74, 6) is 0.0962. The van der Waals surface area contributed by atoms with Crippen LogP contribution in [0.2, 0.25) is 0 Å². The monoisotopic (exact) mass is 306 g/mol.